The smallest absolute Gasteiger partial charge is 0.321 e. The number of aliphatic carboxylic acids is 1. The van der Waals surface area contributed by atoms with E-state index in [1.54, 1.807) is 30.3 Å². The predicted molar refractivity (Wildman–Crippen MR) is 63.3 cm³/mol. The molecule has 1 heterocycles. The van der Waals surface area contributed by atoms with Gasteiger partial charge in [-0.1, -0.05) is 30.3 Å². The molecular formula is C13H14FNO3. The molecule has 1 saturated heterocycles. The Bertz CT molecular complexity index is 449. The summed E-state index contributed by atoms with van der Waals surface area (Å²) in [7, 11) is 0. The van der Waals surface area contributed by atoms with Crippen molar-refractivity contribution >= 4 is 11.8 Å². The Hall–Kier alpha value is -1.75. The maximum atomic E-state index is 13.2. The number of likely N-dealkylation sites (tertiary alicyclic amines) is 1. The van der Waals surface area contributed by atoms with Gasteiger partial charge in [-0.2, -0.15) is 0 Å². The van der Waals surface area contributed by atoms with Crippen molar-refractivity contribution in [1.82, 2.24) is 4.90 Å². The summed E-state index contributed by atoms with van der Waals surface area (Å²) in [6.07, 6.45) is -1.22. The Balaban J connectivity index is 2.05. The molecular weight excluding hydrogens is 237 g/mol. The van der Waals surface area contributed by atoms with Gasteiger partial charge in [0.05, 0.1) is 6.54 Å². The first-order valence-electron chi connectivity index (χ1n) is 5.77. The molecule has 18 heavy (non-hydrogen) atoms. The summed E-state index contributed by atoms with van der Waals surface area (Å²) >= 11 is 0. The number of Topliss-reactive ketones (excluding diaryl/α,β-unsaturated/α-hetero) is 1. The van der Waals surface area contributed by atoms with Gasteiger partial charge in [-0.3, -0.25) is 14.5 Å². The number of ketones is 1. The molecule has 1 N–H and O–H groups in total. The normalized spacial score (nSPS) is 24.1. The third-order valence-corrected chi connectivity index (χ3v) is 3.08. The van der Waals surface area contributed by atoms with Gasteiger partial charge in [0, 0.05) is 18.5 Å². The zero-order valence-corrected chi connectivity index (χ0v) is 9.75. The van der Waals surface area contributed by atoms with E-state index in [1.165, 1.54) is 4.90 Å². The largest absolute Gasteiger partial charge is 0.480 e. The van der Waals surface area contributed by atoms with E-state index >= 15 is 0 Å². The van der Waals surface area contributed by atoms with Crippen LogP contribution < -0.4 is 0 Å². The van der Waals surface area contributed by atoms with Crippen LogP contribution >= 0.6 is 0 Å². The first kappa shape index (κ1) is 12.7. The highest BCUT2D eigenvalue weighted by atomic mass is 19.1. The Morgan fingerprint density at radius 2 is 2.00 bits per heavy atom. The van der Waals surface area contributed by atoms with Crippen molar-refractivity contribution in [3.8, 4) is 0 Å². The van der Waals surface area contributed by atoms with E-state index in [2.05, 4.69) is 0 Å². The number of hydrogen-bond acceptors (Lipinski definition) is 3. The van der Waals surface area contributed by atoms with E-state index in [9.17, 15) is 14.0 Å². The molecule has 1 aliphatic heterocycles. The van der Waals surface area contributed by atoms with Gasteiger partial charge in [-0.15, -0.1) is 0 Å². The number of benzene rings is 1. The lowest BCUT2D eigenvalue weighted by Gasteiger charge is -2.19. The highest BCUT2D eigenvalue weighted by molar-refractivity contribution is 5.97. The quantitative estimate of drug-likeness (QED) is 0.821. The number of carboxylic acids is 1. The van der Waals surface area contributed by atoms with Gasteiger partial charge in [0.15, 0.2) is 5.78 Å². The van der Waals surface area contributed by atoms with Crippen molar-refractivity contribution in [2.24, 2.45) is 0 Å². The maximum absolute atomic E-state index is 13.2. The summed E-state index contributed by atoms with van der Waals surface area (Å²) in [5.74, 6) is -1.26. The lowest BCUT2D eigenvalue weighted by Crippen LogP contribution is -2.39. The Morgan fingerprint density at radius 3 is 2.61 bits per heavy atom. The van der Waals surface area contributed by atoms with Crippen molar-refractivity contribution < 1.29 is 19.1 Å². The lowest BCUT2D eigenvalue weighted by molar-refractivity contribution is -0.141. The number of alkyl halides is 1. The summed E-state index contributed by atoms with van der Waals surface area (Å²) in [5, 5.41) is 8.97. The van der Waals surface area contributed by atoms with Crippen molar-refractivity contribution in [1.29, 1.82) is 0 Å². The first-order valence-corrected chi connectivity index (χ1v) is 5.77. The molecule has 96 valence electrons. The molecule has 0 spiro atoms. The van der Waals surface area contributed by atoms with E-state index in [0.29, 0.717) is 5.56 Å². The van der Waals surface area contributed by atoms with Gasteiger partial charge >= 0.3 is 5.97 Å². The second-order valence-electron chi connectivity index (χ2n) is 4.41. The van der Waals surface area contributed by atoms with E-state index in [0.717, 1.165) is 0 Å². The molecule has 0 saturated carbocycles. The summed E-state index contributed by atoms with van der Waals surface area (Å²) in [5.41, 5.74) is 0.518. The minimum absolute atomic E-state index is 0.00946. The molecule has 1 aromatic carbocycles. The first-order chi connectivity index (χ1) is 8.58. The zero-order chi connectivity index (χ0) is 13.1. The van der Waals surface area contributed by atoms with Crippen molar-refractivity contribution in [2.75, 3.05) is 13.1 Å². The summed E-state index contributed by atoms with van der Waals surface area (Å²) in [6.45, 7) is -0.0447. The van der Waals surface area contributed by atoms with Crippen LogP contribution in [0.5, 0.6) is 0 Å². The van der Waals surface area contributed by atoms with E-state index in [4.69, 9.17) is 5.11 Å². The average molecular weight is 251 g/mol. The van der Waals surface area contributed by atoms with Gasteiger partial charge in [0.2, 0.25) is 0 Å². The van der Waals surface area contributed by atoms with Crippen LogP contribution in [0.25, 0.3) is 0 Å². The molecule has 5 heteroatoms. The van der Waals surface area contributed by atoms with Crippen LogP contribution in [0, 0.1) is 0 Å². The van der Waals surface area contributed by atoms with Crippen LogP contribution in [-0.4, -0.2) is 47.1 Å². The van der Waals surface area contributed by atoms with Gasteiger partial charge in [0.1, 0.15) is 12.2 Å². The third kappa shape index (κ3) is 2.73. The lowest BCUT2D eigenvalue weighted by atomic mass is 10.1. The fourth-order valence-electron chi connectivity index (χ4n) is 2.18. The molecule has 4 nitrogen and oxygen atoms in total. The summed E-state index contributed by atoms with van der Waals surface area (Å²) in [4.78, 5) is 24.3. The van der Waals surface area contributed by atoms with E-state index in [-0.39, 0.29) is 25.3 Å². The second-order valence-corrected chi connectivity index (χ2v) is 4.41. The highest BCUT2D eigenvalue weighted by Gasteiger charge is 2.37. The molecule has 0 radical (unpaired) electrons. The Morgan fingerprint density at radius 1 is 1.33 bits per heavy atom. The van der Waals surface area contributed by atoms with Crippen LogP contribution in [0.3, 0.4) is 0 Å². The van der Waals surface area contributed by atoms with Crippen molar-refractivity contribution in [3.05, 3.63) is 35.9 Å². The number of carbonyl (C=O) groups excluding carboxylic acids is 1. The molecule has 0 amide bonds. The maximum Gasteiger partial charge on any atom is 0.321 e. The van der Waals surface area contributed by atoms with Crippen LogP contribution in [0.1, 0.15) is 16.8 Å². The molecule has 1 aliphatic rings. The molecule has 2 rings (SSSR count). The Labute approximate surface area is 104 Å². The van der Waals surface area contributed by atoms with Gasteiger partial charge in [-0.25, -0.2) is 4.39 Å². The van der Waals surface area contributed by atoms with Gasteiger partial charge in [0.25, 0.3) is 0 Å². The molecule has 0 aromatic heterocycles. The highest BCUT2D eigenvalue weighted by Crippen LogP contribution is 2.20. The topological polar surface area (TPSA) is 57.6 Å². The molecule has 0 unspecified atom stereocenters. The number of carboxylic acid groups (broad SMARTS) is 1. The average Bonchev–Trinajstić information content (AvgIpc) is 2.71. The molecule has 2 atom stereocenters. The van der Waals surface area contributed by atoms with Crippen LogP contribution in [0.4, 0.5) is 4.39 Å². The number of carbonyl (C=O) groups is 2. The van der Waals surface area contributed by atoms with Crippen LogP contribution in [-0.2, 0) is 4.79 Å². The number of hydrogen-bond donors (Lipinski definition) is 1. The minimum atomic E-state index is -1.17. The number of nitrogens with zero attached hydrogens (tertiary/aromatic N) is 1. The van der Waals surface area contributed by atoms with Crippen LogP contribution in [0.15, 0.2) is 30.3 Å². The summed E-state index contributed by atoms with van der Waals surface area (Å²) < 4.78 is 13.2. The SMILES string of the molecule is O=C(CN1C[C@@H](F)C[C@H]1C(=O)O)c1ccccc1. The number of rotatable bonds is 4. The van der Waals surface area contributed by atoms with E-state index < -0.39 is 18.2 Å². The fourth-order valence-corrected chi connectivity index (χ4v) is 2.18. The number of halogens is 1. The second kappa shape index (κ2) is 5.27. The molecule has 0 aliphatic carbocycles. The predicted octanol–water partition coefficient (Wildman–Crippen LogP) is 1.37. The van der Waals surface area contributed by atoms with Crippen LogP contribution in [0.2, 0.25) is 0 Å². The van der Waals surface area contributed by atoms with Gasteiger partial charge in [-0.05, 0) is 0 Å². The third-order valence-electron chi connectivity index (χ3n) is 3.08. The fraction of sp³-hybridized carbons (Fsp3) is 0.385. The standard InChI is InChI=1S/C13H14FNO3/c14-10-6-11(13(17)18)15(7-10)8-12(16)9-4-2-1-3-5-9/h1-5,10-11H,6-8H2,(H,17,18)/t10-,11-/m0/s1. The Kier molecular flexibility index (Phi) is 3.72. The monoisotopic (exact) mass is 251 g/mol. The molecule has 0 bridgehead atoms. The summed E-state index contributed by atoms with van der Waals surface area (Å²) in [6, 6.07) is 7.72. The molecule has 1 fully saturated rings. The molecule has 1 aromatic rings. The zero-order valence-electron chi connectivity index (χ0n) is 9.75. The van der Waals surface area contributed by atoms with Crippen molar-refractivity contribution in [3.63, 3.8) is 0 Å². The van der Waals surface area contributed by atoms with E-state index in [1.807, 2.05) is 0 Å². The van der Waals surface area contributed by atoms with Gasteiger partial charge < -0.3 is 5.11 Å². The van der Waals surface area contributed by atoms with Crippen molar-refractivity contribution in [2.45, 2.75) is 18.6 Å². The minimum Gasteiger partial charge on any atom is -0.480 e.